The van der Waals surface area contributed by atoms with Crippen molar-refractivity contribution in [3.05, 3.63) is 83.7 Å². The van der Waals surface area contributed by atoms with Gasteiger partial charge in [0.05, 0.1) is 28.5 Å². The van der Waals surface area contributed by atoms with E-state index in [0.717, 1.165) is 31.6 Å². The average molecular weight is 591 g/mol. The zero-order valence-corrected chi connectivity index (χ0v) is 24.0. The van der Waals surface area contributed by atoms with E-state index in [1.165, 1.54) is 18.8 Å². The molecule has 0 saturated carbocycles. The first-order chi connectivity index (χ1) is 20.5. The summed E-state index contributed by atoms with van der Waals surface area (Å²) in [5, 5.41) is 6.92. The molecule has 11 heteroatoms. The molecular formula is C31H32ClFN6O3. The molecular weight excluding hydrogens is 559 g/mol. The molecule has 0 atom stereocenters. The molecule has 4 aromatic rings. The maximum atomic E-state index is 14.8. The minimum atomic E-state index is -0.842. The first kappa shape index (κ1) is 29.2. The number of benzene rings is 2. The Kier molecular flexibility index (Phi) is 9.78. The van der Waals surface area contributed by atoms with Crippen LogP contribution in [-0.2, 0) is 11.4 Å². The molecule has 2 N–H and O–H groups in total. The second kappa shape index (κ2) is 14.1. The second-order valence-corrected chi connectivity index (χ2v) is 10.2. The fourth-order valence-corrected chi connectivity index (χ4v) is 4.88. The number of aromatic nitrogens is 3. The molecule has 1 aliphatic heterocycles. The molecule has 5 rings (SSSR count). The quantitative estimate of drug-likeness (QED) is 0.187. The van der Waals surface area contributed by atoms with Crippen LogP contribution in [0.1, 0.15) is 31.9 Å². The molecule has 2 aromatic carbocycles. The predicted octanol–water partition coefficient (Wildman–Crippen LogP) is 6.68. The largest absolute Gasteiger partial charge is 0.492 e. The van der Waals surface area contributed by atoms with Crippen molar-refractivity contribution in [1.82, 2.24) is 19.9 Å². The lowest BCUT2D eigenvalue weighted by molar-refractivity contribution is -0.114. The SMILES string of the molecule is CCOc1cc2ncnc(Nc3ccc(OCc4ccccn4)c(Cl)c3)c2cc1NC(=O)C(F)=CCN1CCCCC1. The van der Waals surface area contributed by atoms with Gasteiger partial charge in [-0.2, -0.15) is 0 Å². The highest BCUT2D eigenvalue weighted by atomic mass is 35.5. The predicted molar refractivity (Wildman–Crippen MR) is 162 cm³/mol. The Morgan fingerprint density at radius 1 is 1.05 bits per heavy atom. The first-order valence-corrected chi connectivity index (χ1v) is 14.3. The van der Waals surface area contributed by atoms with E-state index in [9.17, 15) is 9.18 Å². The fraction of sp³-hybridized carbons (Fsp3) is 0.290. The number of rotatable bonds is 11. The number of nitrogens with zero attached hydrogens (tertiary/aromatic N) is 4. The number of pyridine rings is 1. The highest BCUT2D eigenvalue weighted by Gasteiger charge is 2.17. The van der Waals surface area contributed by atoms with E-state index in [2.05, 4.69) is 30.5 Å². The van der Waals surface area contributed by atoms with Crippen LogP contribution in [0.4, 0.5) is 21.6 Å². The third kappa shape index (κ3) is 7.51. The van der Waals surface area contributed by atoms with Gasteiger partial charge in [0.15, 0.2) is 5.83 Å². The second-order valence-electron chi connectivity index (χ2n) is 9.77. The minimum absolute atomic E-state index is 0.286. The third-order valence-electron chi connectivity index (χ3n) is 6.78. The van der Waals surface area contributed by atoms with E-state index in [0.29, 0.717) is 57.8 Å². The molecule has 1 fully saturated rings. The average Bonchev–Trinajstić information content (AvgIpc) is 3.01. The summed E-state index contributed by atoms with van der Waals surface area (Å²) in [4.78, 5) is 27.9. The van der Waals surface area contributed by atoms with E-state index in [1.807, 2.05) is 31.2 Å². The Bertz CT molecular complexity index is 1560. The van der Waals surface area contributed by atoms with Crippen LogP contribution in [0.15, 0.2) is 73.0 Å². The summed E-state index contributed by atoms with van der Waals surface area (Å²) in [5.74, 6) is -0.318. The van der Waals surface area contributed by atoms with Gasteiger partial charge in [0, 0.05) is 29.9 Å². The van der Waals surface area contributed by atoms with Crippen molar-refractivity contribution in [2.24, 2.45) is 0 Å². The Balaban J connectivity index is 1.34. The van der Waals surface area contributed by atoms with E-state index in [1.54, 1.807) is 30.5 Å². The molecule has 0 spiro atoms. The number of ether oxygens (including phenoxy) is 2. The smallest absolute Gasteiger partial charge is 0.284 e. The van der Waals surface area contributed by atoms with E-state index in [4.69, 9.17) is 21.1 Å². The zero-order valence-electron chi connectivity index (χ0n) is 23.3. The van der Waals surface area contributed by atoms with Gasteiger partial charge in [-0.15, -0.1) is 0 Å². The Morgan fingerprint density at radius 2 is 1.90 bits per heavy atom. The van der Waals surface area contributed by atoms with Crippen LogP contribution in [0, 0.1) is 0 Å². The lowest BCUT2D eigenvalue weighted by atomic mass is 10.1. The van der Waals surface area contributed by atoms with Crippen molar-refractivity contribution in [3.8, 4) is 11.5 Å². The lowest BCUT2D eigenvalue weighted by Crippen LogP contribution is -2.30. The number of anilines is 3. The normalized spacial score (nSPS) is 14.0. The van der Waals surface area contributed by atoms with Gasteiger partial charge in [0.1, 0.15) is 30.3 Å². The van der Waals surface area contributed by atoms with Gasteiger partial charge < -0.3 is 20.1 Å². The first-order valence-electron chi connectivity index (χ1n) is 13.9. The highest BCUT2D eigenvalue weighted by molar-refractivity contribution is 6.32. The van der Waals surface area contributed by atoms with Gasteiger partial charge in [-0.05, 0) is 75.3 Å². The summed E-state index contributed by atoms with van der Waals surface area (Å²) in [6, 6.07) is 14.3. The Hall–Kier alpha value is -4.28. The summed E-state index contributed by atoms with van der Waals surface area (Å²) in [6.45, 7) is 4.68. The van der Waals surface area contributed by atoms with Crippen molar-refractivity contribution in [2.45, 2.75) is 32.8 Å². The highest BCUT2D eigenvalue weighted by Crippen LogP contribution is 2.35. The van der Waals surface area contributed by atoms with Crippen LogP contribution in [0.2, 0.25) is 5.02 Å². The van der Waals surface area contributed by atoms with Crippen molar-refractivity contribution in [1.29, 1.82) is 0 Å². The maximum absolute atomic E-state index is 14.8. The van der Waals surface area contributed by atoms with Crippen LogP contribution in [0.25, 0.3) is 10.9 Å². The van der Waals surface area contributed by atoms with Crippen LogP contribution in [0.5, 0.6) is 11.5 Å². The number of halogens is 2. The van der Waals surface area contributed by atoms with Gasteiger partial charge in [-0.3, -0.25) is 14.7 Å². The van der Waals surface area contributed by atoms with Gasteiger partial charge >= 0.3 is 0 Å². The van der Waals surface area contributed by atoms with E-state index >= 15 is 0 Å². The molecule has 3 heterocycles. The van der Waals surface area contributed by atoms with E-state index in [-0.39, 0.29) is 6.61 Å². The summed E-state index contributed by atoms with van der Waals surface area (Å²) < 4.78 is 26.3. The molecule has 42 heavy (non-hydrogen) atoms. The van der Waals surface area contributed by atoms with Crippen molar-refractivity contribution in [2.75, 3.05) is 36.9 Å². The van der Waals surface area contributed by atoms with E-state index < -0.39 is 11.7 Å². The lowest BCUT2D eigenvalue weighted by Gasteiger charge is -2.24. The molecule has 0 unspecified atom stereocenters. The van der Waals surface area contributed by atoms with Crippen LogP contribution < -0.4 is 20.1 Å². The Morgan fingerprint density at radius 3 is 2.67 bits per heavy atom. The number of likely N-dealkylation sites (tertiary alicyclic amines) is 1. The summed E-state index contributed by atoms with van der Waals surface area (Å²) in [7, 11) is 0. The number of carbonyl (C=O) groups is 1. The van der Waals surface area contributed by atoms with Gasteiger partial charge in [0.25, 0.3) is 5.91 Å². The number of amides is 1. The molecule has 218 valence electrons. The molecule has 2 aromatic heterocycles. The Labute approximate surface area is 248 Å². The van der Waals surface area contributed by atoms with Crippen LogP contribution in [0.3, 0.4) is 0 Å². The molecule has 0 radical (unpaired) electrons. The van der Waals surface area contributed by atoms with Crippen molar-refractivity contribution >= 4 is 45.6 Å². The third-order valence-corrected chi connectivity index (χ3v) is 7.07. The summed E-state index contributed by atoms with van der Waals surface area (Å²) >= 11 is 6.50. The number of piperidine rings is 1. The minimum Gasteiger partial charge on any atom is -0.492 e. The summed E-state index contributed by atoms with van der Waals surface area (Å²) in [6.07, 6.45) is 7.82. The molecule has 9 nitrogen and oxygen atoms in total. The van der Waals surface area contributed by atoms with Gasteiger partial charge in [0.2, 0.25) is 0 Å². The molecule has 0 bridgehead atoms. The monoisotopic (exact) mass is 590 g/mol. The number of nitrogens with one attached hydrogen (secondary N) is 2. The zero-order chi connectivity index (χ0) is 29.3. The maximum Gasteiger partial charge on any atom is 0.284 e. The van der Waals surface area contributed by atoms with Crippen molar-refractivity contribution < 1.29 is 18.7 Å². The van der Waals surface area contributed by atoms with Crippen molar-refractivity contribution in [3.63, 3.8) is 0 Å². The van der Waals surface area contributed by atoms with Gasteiger partial charge in [-0.1, -0.05) is 24.1 Å². The number of hydrogen-bond donors (Lipinski definition) is 2. The number of hydrogen-bond acceptors (Lipinski definition) is 8. The van der Waals surface area contributed by atoms with Gasteiger partial charge in [-0.25, -0.2) is 14.4 Å². The number of fused-ring (bicyclic) bond motifs is 1. The molecule has 1 aliphatic rings. The molecule has 0 aliphatic carbocycles. The fourth-order valence-electron chi connectivity index (χ4n) is 4.65. The summed E-state index contributed by atoms with van der Waals surface area (Å²) in [5.41, 5.74) is 2.34. The molecule has 1 amide bonds. The standard InChI is InChI=1S/C31H32ClFN6O3/c1-2-41-29-18-26-23(17-27(29)38-31(40)25(33)11-15-39-13-6-3-7-14-39)30(36-20-35-26)37-21-9-10-28(24(32)16-21)42-19-22-8-4-5-12-34-22/h4-5,8-12,16-18,20H,2-3,6-7,13-15,19H2,1H3,(H,38,40)(H,35,36,37). The van der Waals surface area contributed by atoms with Crippen LogP contribution in [-0.4, -0.2) is 52.0 Å². The van der Waals surface area contributed by atoms with Crippen LogP contribution >= 0.6 is 11.6 Å². The molecule has 1 saturated heterocycles. The topological polar surface area (TPSA) is 102 Å². The number of carbonyl (C=O) groups excluding carboxylic acids is 1.